The van der Waals surface area contributed by atoms with Crippen LogP contribution in [0, 0.1) is 5.92 Å². The Labute approximate surface area is 151 Å². The maximum absolute atomic E-state index is 12.7. The molecule has 1 fully saturated rings. The zero-order valence-electron chi connectivity index (χ0n) is 14.2. The minimum atomic E-state index is -0.311. The highest BCUT2D eigenvalue weighted by molar-refractivity contribution is 5.95. The Morgan fingerprint density at radius 1 is 1.12 bits per heavy atom. The predicted octanol–water partition coefficient (Wildman–Crippen LogP) is 3.18. The van der Waals surface area contributed by atoms with E-state index in [1.807, 2.05) is 30.3 Å². The standard InChI is InChI=1S/C21H20N2O3/c24-17-6-3-5-14(9-17)21(26)23-20(15-10-18(25)11-15)16-8-13-4-1-2-7-19(13)22-12-16/h1-9,12,15,18,20,24-25H,10-11H2,(H,23,26). The van der Waals surface area contributed by atoms with Gasteiger partial charge in [0.05, 0.1) is 17.7 Å². The number of hydrogen-bond acceptors (Lipinski definition) is 4. The molecule has 0 radical (unpaired) electrons. The molecular weight excluding hydrogens is 328 g/mol. The molecule has 5 heteroatoms. The van der Waals surface area contributed by atoms with Crippen molar-refractivity contribution in [1.29, 1.82) is 0 Å². The SMILES string of the molecule is O=C(NC(c1cnc2ccccc2c1)C1CC(O)C1)c1cccc(O)c1. The molecule has 0 bridgehead atoms. The van der Waals surface area contributed by atoms with Crippen LogP contribution in [-0.4, -0.2) is 27.2 Å². The zero-order valence-corrected chi connectivity index (χ0v) is 14.2. The van der Waals surface area contributed by atoms with Crippen molar-refractivity contribution in [2.45, 2.75) is 25.0 Å². The number of phenols is 1. The van der Waals surface area contributed by atoms with Gasteiger partial charge in [0.1, 0.15) is 5.75 Å². The topological polar surface area (TPSA) is 82.5 Å². The van der Waals surface area contributed by atoms with Crippen molar-refractivity contribution in [3.63, 3.8) is 0 Å². The highest BCUT2D eigenvalue weighted by atomic mass is 16.3. The van der Waals surface area contributed by atoms with E-state index in [1.54, 1.807) is 18.3 Å². The molecule has 0 aliphatic heterocycles. The first kappa shape index (κ1) is 16.5. The van der Waals surface area contributed by atoms with Crippen LogP contribution in [-0.2, 0) is 0 Å². The number of para-hydroxylation sites is 1. The molecule has 132 valence electrons. The van der Waals surface area contributed by atoms with E-state index < -0.39 is 0 Å². The third kappa shape index (κ3) is 3.26. The van der Waals surface area contributed by atoms with E-state index in [9.17, 15) is 15.0 Å². The van der Waals surface area contributed by atoms with Crippen LogP contribution in [0.2, 0.25) is 0 Å². The highest BCUT2D eigenvalue weighted by Crippen LogP contribution is 2.38. The zero-order chi connectivity index (χ0) is 18.1. The Kier molecular flexibility index (Phi) is 4.31. The molecule has 3 aromatic rings. The smallest absolute Gasteiger partial charge is 0.251 e. The summed E-state index contributed by atoms with van der Waals surface area (Å²) in [6, 6.07) is 15.9. The lowest BCUT2D eigenvalue weighted by atomic mass is 9.75. The number of aromatic nitrogens is 1. The number of nitrogens with one attached hydrogen (secondary N) is 1. The summed E-state index contributed by atoms with van der Waals surface area (Å²) in [5, 5.41) is 23.4. The van der Waals surface area contributed by atoms with E-state index in [-0.39, 0.29) is 29.7 Å². The van der Waals surface area contributed by atoms with Gasteiger partial charge in [0.25, 0.3) is 5.91 Å². The molecule has 2 aromatic carbocycles. The van der Waals surface area contributed by atoms with Crippen molar-refractivity contribution in [3.05, 3.63) is 71.9 Å². The van der Waals surface area contributed by atoms with Crippen LogP contribution in [0.4, 0.5) is 0 Å². The first-order valence-corrected chi connectivity index (χ1v) is 8.73. The summed E-state index contributed by atoms with van der Waals surface area (Å²) in [6.45, 7) is 0. The summed E-state index contributed by atoms with van der Waals surface area (Å²) in [6.07, 6.45) is 2.78. The Morgan fingerprint density at radius 2 is 1.92 bits per heavy atom. The lowest BCUT2D eigenvalue weighted by Crippen LogP contribution is -2.41. The molecule has 4 rings (SSSR count). The molecule has 26 heavy (non-hydrogen) atoms. The molecule has 3 N–H and O–H groups in total. The number of benzene rings is 2. The molecule has 0 saturated heterocycles. The summed E-state index contributed by atoms with van der Waals surface area (Å²) in [5.74, 6) is -0.0321. The van der Waals surface area contributed by atoms with Gasteiger partial charge in [-0.05, 0) is 54.7 Å². The number of aliphatic hydroxyl groups is 1. The van der Waals surface area contributed by atoms with E-state index in [1.165, 1.54) is 12.1 Å². The number of carbonyl (C=O) groups excluding carboxylic acids is 1. The fourth-order valence-corrected chi connectivity index (χ4v) is 3.51. The van der Waals surface area contributed by atoms with Crippen LogP contribution in [0.5, 0.6) is 5.75 Å². The van der Waals surface area contributed by atoms with Gasteiger partial charge in [-0.2, -0.15) is 0 Å². The van der Waals surface area contributed by atoms with Gasteiger partial charge in [-0.25, -0.2) is 0 Å². The van der Waals surface area contributed by atoms with Crippen LogP contribution < -0.4 is 5.32 Å². The second-order valence-electron chi connectivity index (χ2n) is 6.85. The van der Waals surface area contributed by atoms with E-state index in [0.29, 0.717) is 18.4 Å². The molecule has 0 spiro atoms. The fraction of sp³-hybridized carbons (Fsp3) is 0.238. The molecule has 1 amide bonds. The van der Waals surface area contributed by atoms with Crippen LogP contribution in [0.3, 0.4) is 0 Å². The third-order valence-corrected chi connectivity index (χ3v) is 4.99. The van der Waals surface area contributed by atoms with E-state index in [2.05, 4.69) is 10.3 Å². The van der Waals surface area contributed by atoms with E-state index in [0.717, 1.165) is 16.5 Å². The number of fused-ring (bicyclic) bond motifs is 1. The number of phenolic OH excluding ortho intramolecular Hbond substituents is 1. The number of aromatic hydroxyl groups is 1. The Morgan fingerprint density at radius 3 is 2.69 bits per heavy atom. The normalized spacial score (nSPS) is 20.3. The molecule has 1 unspecified atom stereocenters. The molecule has 1 heterocycles. The largest absolute Gasteiger partial charge is 0.508 e. The van der Waals surface area contributed by atoms with Gasteiger partial charge in [-0.15, -0.1) is 0 Å². The lowest BCUT2D eigenvalue weighted by Gasteiger charge is -2.38. The number of hydrogen-bond donors (Lipinski definition) is 3. The first-order valence-electron chi connectivity index (χ1n) is 8.73. The second kappa shape index (κ2) is 6.77. The van der Waals surface area contributed by atoms with Crippen LogP contribution >= 0.6 is 0 Å². The number of nitrogens with zero attached hydrogens (tertiary/aromatic N) is 1. The van der Waals surface area contributed by atoms with Gasteiger partial charge in [0, 0.05) is 17.1 Å². The average Bonchev–Trinajstić information content (AvgIpc) is 2.63. The molecule has 5 nitrogen and oxygen atoms in total. The molecule has 1 aliphatic rings. The minimum absolute atomic E-state index is 0.0561. The van der Waals surface area contributed by atoms with Crippen molar-refractivity contribution in [2.24, 2.45) is 5.92 Å². The van der Waals surface area contributed by atoms with Gasteiger partial charge < -0.3 is 15.5 Å². The third-order valence-electron chi connectivity index (χ3n) is 4.99. The summed E-state index contributed by atoms with van der Waals surface area (Å²) >= 11 is 0. The first-order chi connectivity index (χ1) is 12.6. The van der Waals surface area contributed by atoms with Gasteiger partial charge in [0.2, 0.25) is 0 Å². The van der Waals surface area contributed by atoms with Crippen molar-refractivity contribution in [2.75, 3.05) is 0 Å². The maximum atomic E-state index is 12.7. The van der Waals surface area contributed by atoms with Crippen molar-refractivity contribution >= 4 is 16.8 Å². The van der Waals surface area contributed by atoms with Gasteiger partial charge in [-0.1, -0.05) is 24.3 Å². The molecule has 1 saturated carbocycles. The highest BCUT2D eigenvalue weighted by Gasteiger charge is 2.36. The van der Waals surface area contributed by atoms with Gasteiger partial charge >= 0.3 is 0 Å². The van der Waals surface area contributed by atoms with Crippen molar-refractivity contribution in [3.8, 4) is 5.75 Å². The number of carbonyl (C=O) groups is 1. The monoisotopic (exact) mass is 348 g/mol. The van der Waals surface area contributed by atoms with E-state index >= 15 is 0 Å². The van der Waals surface area contributed by atoms with Crippen LogP contribution in [0.25, 0.3) is 10.9 Å². The van der Waals surface area contributed by atoms with Gasteiger partial charge in [0.15, 0.2) is 0 Å². The predicted molar refractivity (Wildman–Crippen MR) is 98.8 cm³/mol. The lowest BCUT2D eigenvalue weighted by molar-refractivity contribution is 0.0235. The number of pyridine rings is 1. The Bertz CT molecular complexity index is 951. The summed E-state index contributed by atoms with van der Waals surface area (Å²) in [5.41, 5.74) is 2.24. The van der Waals surface area contributed by atoms with Gasteiger partial charge in [-0.3, -0.25) is 9.78 Å². The summed E-state index contributed by atoms with van der Waals surface area (Å²) < 4.78 is 0. The van der Waals surface area contributed by atoms with Crippen LogP contribution in [0.1, 0.15) is 34.8 Å². The fourth-order valence-electron chi connectivity index (χ4n) is 3.51. The van der Waals surface area contributed by atoms with Crippen LogP contribution in [0.15, 0.2) is 60.8 Å². The minimum Gasteiger partial charge on any atom is -0.508 e. The maximum Gasteiger partial charge on any atom is 0.251 e. The molecule has 1 aliphatic carbocycles. The number of rotatable bonds is 4. The molecule has 1 atom stereocenters. The quantitative estimate of drug-likeness (QED) is 0.676. The average molecular weight is 348 g/mol. The second-order valence-corrected chi connectivity index (χ2v) is 6.85. The number of amides is 1. The van der Waals surface area contributed by atoms with Crippen molar-refractivity contribution in [1.82, 2.24) is 10.3 Å². The summed E-state index contributed by atoms with van der Waals surface area (Å²) in [7, 11) is 0. The summed E-state index contributed by atoms with van der Waals surface area (Å²) in [4.78, 5) is 17.2. The Balaban J connectivity index is 1.64. The molecular formula is C21H20N2O3. The van der Waals surface area contributed by atoms with Crippen molar-refractivity contribution < 1.29 is 15.0 Å². The Hall–Kier alpha value is -2.92. The van der Waals surface area contributed by atoms with E-state index in [4.69, 9.17) is 0 Å². The molecule has 1 aromatic heterocycles. The number of aliphatic hydroxyl groups excluding tert-OH is 1.